The highest BCUT2D eigenvalue weighted by Gasteiger charge is 2.47. The fraction of sp³-hybridized carbons (Fsp3) is 0.750. The molecule has 2 aliphatic heterocycles. The van der Waals surface area contributed by atoms with Crippen molar-refractivity contribution in [2.24, 2.45) is 11.3 Å². The minimum absolute atomic E-state index is 0.417. The Morgan fingerprint density at radius 2 is 1.96 bits per heavy atom. The van der Waals surface area contributed by atoms with Crippen LogP contribution in [0.15, 0.2) is 18.2 Å². The molecule has 25 heavy (non-hydrogen) atoms. The van der Waals surface area contributed by atoms with Crippen molar-refractivity contribution in [3.8, 4) is 0 Å². The molecule has 2 fully saturated rings. The van der Waals surface area contributed by atoms with E-state index in [0.717, 1.165) is 51.6 Å². The van der Waals surface area contributed by atoms with Gasteiger partial charge in [0.2, 0.25) is 0 Å². The molecule has 0 aromatic carbocycles. The van der Waals surface area contributed by atoms with Crippen LogP contribution in [0.2, 0.25) is 0 Å². The Bertz CT molecular complexity index is 543. The summed E-state index contributed by atoms with van der Waals surface area (Å²) >= 11 is 0. The molecule has 140 valence electrons. The minimum Gasteiger partial charge on any atom is -0.384 e. The van der Waals surface area contributed by atoms with Gasteiger partial charge in [0.15, 0.2) is 0 Å². The van der Waals surface area contributed by atoms with Crippen LogP contribution in [0.3, 0.4) is 0 Å². The lowest BCUT2D eigenvalue weighted by Crippen LogP contribution is -2.45. The first-order valence-corrected chi connectivity index (χ1v) is 9.50. The molecule has 1 spiro atoms. The SMILES string of the molecule is COCCN1C[C@@H](COC)C2(CCN(Cc3cccc(C)n3)CC2)C1. The second kappa shape index (κ2) is 8.58. The second-order valence-electron chi connectivity index (χ2n) is 7.79. The van der Waals surface area contributed by atoms with Crippen molar-refractivity contribution in [2.45, 2.75) is 26.3 Å². The molecule has 0 amide bonds. The van der Waals surface area contributed by atoms with Crippen LogP contribution in [0.25, 0.3) is 0 Å². The standard InChI is InChI=1S/C20H33N3O2/c1-17-5-4-6-19(21-17)14-22-9-7-20(8-10-22)16-23(11-12-24-2)13-18(20)15-25-3/h4-6,18H,7-16H2,1-3H3/t18-/m0/s1. The Morgan fingerprint density at radius 3 is 2.64 bits per heavy atom. The van der Waals surface area contributed by atoms with Crippen molar-refractivity contribution >= 4 is 0 Å². The molecule has 1 atom stereocenters. The first kappa shape index (κ1) is 18.8. The maximum Gasteiger partial charge on any atom is 0.0589 e. The van der Waals surface area contributed by atoms with Crippen LogP contribution < -0.4 is 0 Å². The summed E-state index contributed by atoms with van der Waals surface area (Å²) in [6, 6.07) is 6.33. The molecule has 2 saturated heterocycles. The van der Waals surface area contributed by atoms with Crippen LogP contribution in [0.5, 0.6) is 0 Å². The number of ether oxygens (including phenoxy) is 2. The second-order valence-corrected chi connectivity index (χ2v) is 7.79. The van der Waals surface area contributed by atoms with Gasteiger partial charge in [-0.2, -0.15) is 0 Å². The van der Waals surface area contributed by atoms with Crippen molar-refractivity contribution in [3.05, 3.63) is 29.6 Å². The first-order valence-electron chi connectivity index (χ1n) is 9.50. The molecular formula is C20H33N3O2. The molecule has 1 aromatic rings. The van der Waals surface area contributed by atoms with Crippen molar-refractivity contribution in [1.29, 1.82) is 0 Å². The van der Waals surface area contributed by atoms with E-state index in [2.05, 4.69) is 39.9 Å². The van der Waals surface area contributed by atoms with E-state index in [1.165, 1.54) is 25.1 Å². The fourth-order valence-corrected chi connectivity index (χ4v) is 4.61. The summed E-state index contributed by atoms with van der Waals surface area (Å²) in [5, 5.41) is 0. The van der Waals surface area contributed by atoms with E-state index in [4.69, 9.17) is 9.47 Å². The summed E-state index contributed by atoms with van der Waals surface area (Å²) in [6.07, 6.45) is 2.52. The van der Waals surface area contributed by atoms with Gasteiger partial charge in [-0.25, -0.2) is 0 Å². The number of likely N-dealkylation sites (tertiary alicyclic amines) is 2. The van der Waals surface area contributed by atoms with E-state index < -0.39 is 0 Å². The molecule has 2 aliphatic rings. The summed E-state index contributed by atoms with van der Waals surface area (Å²) in [5.41, 5.74) is 2.72. The number of aromatic nitrogens is 1. The lowest BCUT2D eigenvalue weighted by atomic mass is 9.71. The third kappa shape index (κ3) is 4.59. The first-order chi connectivity index (χ1) is 12.1. The molecule has 5 heteroatoms. The largest absolute Gasteiger partial charge is 0.384 e. The molecule has 0 aliphatic carbocycles. The number of aryl methyl sites for hydroxylation is 1. The number of hydrogen-bond acceptors (Lipinski definition) is 5. The number of rotatable bonds is 7. The summed E-state index contributed by atoms with van der Waals surface area (Å²) in [5.74, 6) is 0.647. The summed E-state index contributed by atoms with van der Waals surface area (Å²) in [4.78, 5) is 9.80. The van der Waals surface area contributed by atoms with E-state index in [9.17, 15) is 0 Å². The van der Waals surface area contributed by atoms with Crippen LogP contribution in [0, 0.1) is 18.3 Å². The summed E-state index contributed by atoms with van der Waals surface area (Å²) < 4.78 is 10.8. The predicted octanol–water partition coefficient (Wildman–Crippen LogP) is 2.20. The van der Waals surface area contributed by atoms with Crippen molar-refractivity contribution in [3.63, 3.8) is 0 Å². The fourth-order valence-electron chi connectivity index (χ4n) is 4.61. The van der Waals surface area contributed by atoms with Crippen LogP contribution in [0.4, 0.5) is 0 Å². The Hall–Kier alpha value is -1.01. The molecule has 0 unspecified atom stereocenters. The molecular weight excluding hydrogens is 314 g/mol. The quantitative estimate of drug-likeness (QED) is 0.756. The average molecular weight is 348 g/mol. The molecule has 0 bridgehead atoms. The number of pyridine rings is 1. The minimum atomic E-state index is 0.417. The van der Waals surface area contributed by atoms with Gasteiger partial charge in [0.25, 0.3) is 0 Å². The zero-order valence-corrected chi connectivity index (χ0v) is 16.0. The molecule has 0 radical (unpaired) electrons. The van der Waals surface area contributed by atoms with Gasteiger partial charge in [-0.15, -0.1) is 0 Å². The Kier molecular flexibility index (Phi) is 6.44. The van der Waals surface area contributed by atoms with Crippen LogP contribution in [-0.4, -0.2) is 74.9 Å². The van der Waals surface area contributed by atoms with Gasteiger partial charge >= 0.3 is 0 Å². The highest BCUT2D eigenvalue weighted by molar-refractivity contribution is 5.10. The monoisotopic (exact) mass is 347 g/mol. The van der Waals surface area contributed by atoms with Gasteiger partial charge in [-0.05, 0) is 50.4 Å². The predicted molar refractivity (Wildman–Crippen MR) is 99.6 cm³/mol. The summed E-state index contributed by atoms with van der Waals surface area (Å²) in [7, 11) is 3.63. The lowest BCUT2D eigenvalue weighted by molar-refractivity contribution is 0.0344. The van der Waals surface area contributed by atoms with Crippen LogP contribution in [-0.2, 0) is 16.0 Å². The van der Waals surface area contributed by atoms with E-state index >= 15 is 0 Å². The third-order valence-electron chi connectivity index (χ3n) is 6.05. The van der Waals surface area contributed by atoms with Crippen molar-refractivity contribution < 1.29 is 9.47 Å². The van der Waals surface area contributed by atoms with Crippen molar-refractivity contribution in [1.82, 2.24) is 14.8 Å². The van der Waals surface area contributed by atoms with Crippen LogP contribution in [0.1, 0.15) is 24.2 Å². The smallest absolute Gasteiger partial charge is 0.0589 e. The van der Waals surface area contributed by atoms with E-state index in [1.54, 1.807) is 7.11 Å². The van der Waals surface area contributed by atoms with Gasteiger partial charge < -0.3 is 14.4 Å². The van der Waals surface area contributed by atoms with Gasteiger partial charge in [0.05, 0.1) is 18.9 Å². The Labute approximate surface area is 152 Å². The highest BCUT2D eigenvalue weighted by Crippen LogP contribution is 2.44. The molecule has 0 N–H and O–H groups in total. The van der Waals surface area contributed by atoms with E-state index in [-0.39, 0.29) is 0 Å². The number of piperidine rings is 1. The Balaban J connectivity index is 1.58. The summed E-state index contributed by atoms with van der Waals surface area (Å²) in [6.45, 7) is 10.4. The maximum atomic E-state index is 5.56. The van der Waals surface area contributed by atoms with Gasteiger partial charge in [-0.3, -0.25) is 9.88 Å². The number of methoxy groups -OCH3 is 2. The topological polar surface area (TPSA) is 37.8 Å². The third-order valence-corrected chi connectivity index (χ3v) is 6.05. The zero-order valence-electron chi connectivity index (χ0n) is 16.0. The zero-order chi connectivity index (χ0) is 17.7. The highest BCUT2D eigenvalue weighted by atomic mass is 16.5. The van der Waals surface area contributed by atoms with Crippen molar-refractivity contribution in [2.75, 3.05) is 60.2 Å². The molecule has 0 saturated carbocycles. The van der Waals surface area contributed by atoms with E-state index in [1.807, 2.05) is 7.11 Å². The molecule has 5 nitrogen and oxygen atoms in total. The lowest BCUT2D eigenvalue weighted by Gasteiger charge is -2.42. The van der Waals surface area contributed by atoms with Gasteiger partial charge in [0, 0.05) is 52.0 Å². The number of nitrogens with zero attached hydrogens (tertiary/aromatic N) is 3. The van der Waals surface area contributed by atoms with Gasteiger partial charge in [0.1, 0.15) is 0 Å². The average Bonchev–Trinajstić information content (AvgIpc) is 2.93. The van der Waals surface area contributed by atoms with E-state index in [0.29, 0.717) is 11.3 Å². The normalized spacial score (nSPS) is 24.2. The Morgan fingerprint density at radius 1 is 1.16 bits per heavy atom. The molecule has 3 rings (SSSR count). The molecule has 1 aromatic heterocycles. The number of hydrogen-bond donors (Lipinski definition) is 0. The maximum absolute atomic E-state index is 5.56. The van der Waals surface area contributed by atoms with Gasteiger partial charge in [-0.1, -0.05) is 6.07 Å². The molecule has 3 heterocycles. The van der Waals surface area contributed by atoms with Crippen LogP contribution >= 0.6 is 0 Å².